The second kappa shape index (κ2) is 5.48. The third-order valence-corrected chi connectivity index (χ3v) is 5.56. The lowest BCUT2D eigenvalue weighted by Gasteiger charge is -2.54. The van der Waals surface area contributed by atoms with Crippen LogP contribution >= 0.6 is 12.4 Å². The predicted molar refractivity (Wildman–Crippen MR) is 75.6 cm³/mol. The van der Waals surface area contributed by atoms with E-state index in [9.17, 15) is 0 Å². The molecule has 2 heteroatoms. The van der Waals surface area contributed by atoms with Crippen molar-refractivity contribution in [2.45, 2.75) is 44.9 Å². The Morgan fingerprint density at radius 1 is 0.882 bits per heavy atom. The SMILES string of the molecule is CN(C)CCCC1C2CC3CC(C2)CC1C3.Cl. The van der Waals surface area contributed by atoms with Crippen molar-refractivity contribution in [2.75, 3.05) is 20.6 Å². The molecular weight excluding hydrogens is 230 g/mol. The van der Waals surface area contributed by atoms with Gasteiger partial charge in [-0.15, -0.1) is 12.4 Å². The number of rotatable bonds is 4. The Hall–Kier alpha value is 0.250. The Morgan fingerprint density at radius 3 is 1.88 bits per heavy atom. The molecule has 0 aliphatic heterocycles. The van der Waals surface area contributed by atoms with Gasteiger partial charge in [0.25, 0.3) is 0 Å². The molecule has 0 aromatic carbocycles. The summed E-state index contributed by atoms with van der Waals surface area (Å²) in [7, 11) is 4.41. The highest BCUT2D eigenvalue weighted by Gasteiger charge is 2.47. The number of halogens is 1. The smallest absolute Gasteiger partial charge is 0.00247 e. The zero-order valence-corrected chi connectivity index (χ0v) is 12.2. The molecule has 0 N–H and O–H groups in total. The van der Waals surface area contributed by atoms with Crippen molar-refractivity contribution in [2.24, 2.45) is 29.6 Å². The Morgan fingerprint density at radius 2 is 1.41 bits per heavy atom. The first-order valence-corrected chi connectivity index (χ1v) is 7.37. The van der Waals surface area contributed by atoms with Crippen molar-refractivity contribution in [1.82, 2.24) is 4.90 Å². The van der Waals surface area contributed by atoms with Crippen molar-refractivity contribution >= 4 is 12.4 Å². The van der Waals surface area contributed by atoms with E-state index in [1.165, 1.54) is 19.4 Å². The highest BCUT2D eigenvalue weighted by atomic mass is 35.5. The highest BCUT2D eigenvalue weighted by molar-refractivity contribution is 5.85. The van der Waals surface area contributed by atoms with Gasteiger partial charge < -0.3 is 4.90 Å². The molecule has 0 heterocycles. The van der Waals surface area contributed by atoms with Gasteiger partial charge in [0.1, 0.15) is 0 Å². The number of nitrogens with zero attached hydrogens (tertiary/aromatic N) is 1. The molecule has 4 bridgehead atoms. The third kappa shape index (κ3) is 2.81. The van der Waals surface area contributed by atoms with Gasteiger partial charge in [-0.1, -0.05) is 0 Å². The minimum absolute atomic E-state index is 0. The van der Waals surface area contributed by atoms with Gasteiger partial charge in [-0.2, -0.15) is 0 Å². The lowest BCUT2D eigenvalue weighted by Crippen LogP contribution is -2.45. The zero-order chi connectivity index (χ0) is 11.1. The van der Waals surface area contributed by atoms with Crippen LogP contribution in [0.4, 0.5) is 0 Å². The van der Waals surface area contributed by atoms with E-state index in [-0.39, 0.29) is 12.4 Å². The summed E-state index contributed by atoms with van der Waals surface area (Å²) in [4.78, 5) is 2.34. The summed E-state index contributed by atoms with van der Waals surface area (Å²) < 4.78 is 0. The highest BCUT2D eigenvalue weighted by Crippen LogP contribution is 2.57. The summed E-state index contributed by atoms with van der Waals surface area (Å²) in [5.74, 6) is 5.68. The van der Waals surface area contributed by atoms with Gasteiger partial charge >= 0.3 is 0 Å². The number of hydrogen-bond acceptors (Lipinski definition) is 1. The summed E-state index contributed by atoms with van der Waals surface area (Å²) in [6.07, 6.45) is 10.9. The van der Waals surface area contributed by atoms with Crippen LogP contribution in [0.5, 0.6) is 0 Å². The largest absolute Gasteiger partial charge is 0.309 e. The second-order valence-electron chi connectivity index (χ2n) is 7.04. The van der Waals surface area contributed by atoms with Gasteiger partial charge in [-0.25, -0.2) is 0 Å². The normalized spacial score (nSPS) is 42.9. The second-order valence-corrected chi connectivity index (χ2v) is 7.04. The van der Waals surface area contributed by atoms with Crippen LogP contribution in [-0.2, 0) is 0 Å². The Kier molecular flexibility index (Phi) is 4.41. The van der Waals surface area contributed by atoms with Gasteiger partial charge in [-0.05, 0) is 95.2 Å². The van der Waals surface area contributed by atoms with Crippen LogP contribution < -0.4 is 0 Å². The van der Waals surface area contributed by atoms with Crippen molar-refractivity contribution < 1.29 is 0 Å². The first-order valence-electron chi connectivity index (χ1n) is 7.37. The number of hydrogen-bond donors (Lipinski definition) is 0. The zero-order valence-electron chi connectivity index (χ0n) is 11.4. The molecule has 0 radical (unpaired) electrons. The fraction of sp³-hybridized carbons (Fsp3) is 1.00. The molecule has 0 amide bonds. The molecule has 0 atom stereocenters. The van der Waals surface area contributed by atoms with Crippen LogP contribution in [-0.4, -0.2) is 25.5 Å². The van der Waals surface area contributed by atoms with E-state index in [1.54, 1.807) is 32.1 Å². The molecule has 17 heavy (non-hydrogen) atoms. The summed E-state index contributed by atoms with van der Waals surface area (Å²) in [5.41, 5.74) is 0. The topological polar surface area (TPSA) is 3.24 Å². The van der Waals surface area contributed by atoms with E-state index in [2.05, 4.69) is 19.0 Å². The molecule has 4 rings (SSSR count). The van der Waals surface area contributed by atoms with E-state index in [1.807, 2.05) is 0 Å². The monoisotopic (exact) mass is 257 g/mol. The molecule has 4 aliphatic rings. The van der Waals surface area contributed by atoms with E-state index >= 15 is 0 Å². The molecule has 0 unspecified atom stereocenters. The molecule has 0 saturated heterocycles. The van der Waals surface area contributed by atoms with Gasteiger partial charge in [0, 0.05) is 0 Å². The first-order chi connectivity index (χ1) is 7.72. The Balaban J connectivity index is 0.00000108. The Labute approximate surface area is 113 Å². The van der Waals surface area contributed by atoms with Gasteiger partial charge in [0.2, 0.25) is 0 Å². The fourth-order valence-corrected chi connectivity index (χ4v) is 5.15. The summed E-state index contributed by atoms with van der Waals surface area (Å²) in [5, 5.41) is 0. The van der Waals surface area contributed by atoms with E-state index in [0.29, 0.717) is 0 Å². The summed E-state index contributed by atoms with van der Waals surface area (Å²) in [6, 6.07) is 0. The van der Waals surface area contributed by atoms with E-state index in [0.717, 1.165) is 29.6 Å². The standard InChI is InChI=1S/C15H27N.ClH/c1-16(2)5-3-4-15-13-7-11-6-12(9-13)10-14(15)8-11;/h11-15H,3-10H2,1-2H3;1H. The molecule has 4 saturated carbocycles. The minimum Gasteiger partial charge on any atom is -0.309 e. The van der Waals surface area contributed by atoms with Crippen LogP contribution in [0.2, 0.25) is 0 Å². The lowest BCUT2D eigenvalue weighted by molar-refractivity contribution is -0.0407. The van der Waals surface area contributed by atoms with Crippen LogP contribution in [0, 0.1) is 29.6 Å². The molecule has 4 aliphatic carbocycles. The van der Waals surface area contributed by atoms with Gasteiger partial charge in [0.15, 0.2) is 0 Å². The maximum Gasteiger partial charge on any atom is -0.00247 e. The summed E-state index contributed by atoms with van der Waals surface area (Å²) >= 11 is 0. The van der Waals surface area contributed by atoms with Crippen molar-refractivity contribution in [1.29, 1.82) is 0 Å². The van der Waals surface area contributed by atoms with Crippen molar-refractivity contribution in [3.8, 4) is 0 Å². The van der Waals surface area contributed by atoms with E-state index < -0.39 is 0 Å². The molecule has 0 aromatic heterocycles. The van der Waals surface area contributed by atoms with E-state index in [4.69, 9.17) is 0 Å². The van der Waals surface area contributed by atoms with Crippen LogP contribution in [0.25, 0.3) is 0 Å². The van der Waals surface area contributed by atoms with Crippen molar-refractivity contribution in [3.05, 3.63) is 0 Å². The predicted octanol–water partition coefficient (Wildman–Crippen LogP) is 3.82. The van der Waals surface area contributed by atoms with Gasteiger partial charge in [-0.3, -0.25) is 0 Å². The average Bonchev–Trinajstić information content (AvgIpc) is 2.20. The Bertz CT molecular complexity index is 223. The molecule has 0 spiro atoms. The van der Waals surface area contributed by atoms with Crippen LogP contribution in [0.1, 0.15) is 44.9 Å². The maximum atomic E-state index is 2.34. The summed E-state index contributed by atoms with van der Waals surface area (Å²) in [6.45, 7) is 1.29. The maximum absolute atomic E-state index is 2.34. The van der Waals surface area contributed by atoms with Crippen LogP contribution in [0.3, 0.4) is 0 Å². The third-order valence-electron chi connectivity index (χ3n) is 5.56. The van der Waals surface area contributed by atoms with Gasteiger partial charge in [0.05, 0.1) is 0 Å². The van der Waals surface area contributed by atoms with Crippen molar-refractivity contribution in [3.63, 3.8) is 0 Å². The first kappa shape index (κ1) is 13.7. The average molecular weight is 258 g/mol. The molecule has 4 fully saturated rings. The molecule has 0 aromatic rings. The van der Waals surface area contributed by atoms with Crippen LogP contribution in [0.15, 0.2) is 0 Å². The molecule has 100 valence electrons. The quantitative estimate of drug-likeness (QED) is 0.740. The lowest BCUT2D eigenvalue weighted by atomic mass is 9.51. The fourth-order valence-electron chi connectivity index (χ4n) is 5.15. The molecular formula is C15H28ClN. The minimum atomic E-state index is 0. The molecule has 1 nitrogen and oxygen atoms in total.